The summed E-state index contributed by atoms with van der Waals surface area (Å²) in [6.45, 7) is 1.20. The lowest BCUT2D eigenvalue weighted by Crippen LogP contribution is -2.38. The van der Waals surface area contributed by atoms with Crippen molar-refractivity contribution in [3.63, 3.8) is 0 Å². The Balaban J connectivity index is 1.67. The Morgan fingerprint density at radius 1 is 1.00 bits per heavy atom. The van der Waals surface area contributed by atoms with Crippen molar-refractivity contribution in [2.24, 2.45) is 0 Å². The SMILES string of the molecule is COc1ccccc1OCC1SCCN1C(=S)CC(=O)c1cc(OC)c(OC)c(OC)c1. The van der Waals surface area contributed by atoms with Gasteiger partial charge in [0.05, 0.1) is 39.8 Å². The van der Waals surface area contributed by atoms with Gasteiger partial charge in [0.1, 0.15) is 12.0 Å². The van der Waals surface area contributed by atoms with E-state index in [9.17, 15) is 4.79 Å². The van der Waals surface area contributed by atoms with Crippen molar-refractivity contribution in [2.75, 3.05) is 47.3 Å². The molecule has 0 saturated carbocycles. The summed E-state index contributed by atoms with van der Waals surface area (Å²) < 4.78 is 27.4. The van der Waals surface area contributed by atoms with Crippen LogP contribution in [0, 0.1) is 0 Å². The number of rotatable bonds is 10. The van der Waals surface area contributed by atoms with E-state index < -0.39 is 0 Å². The average Bonchev–Trinajstić information content (AvgIpc) is 3.30. The maximum atomic E-state index is 13.0. The zero-order valence-electron chi connectivity index (χ0n) is 18.6. The normalized spacial score (nSPS) is 15.2. The van der Waals surface area contributed by atoms with Crippen LogP contribution in [-0.2, 0) is 0 Å². The first-order valence-electron chi connectivity index (χ1n) is 10.0. The number of hydrogen-bond acceptors (Lipinski definition) is 8. The van der Waals surface area contributed by atoms with Crippen molar-refractivity contribution < 1.29 is 28.5 Å². The maximum Gasteiger partial charge on any atom is 0.203 e. The molecule has 1 unspecified atom stereocenters. The molecule has 1 heterocycles. The van der Waals surface area contributed by atoms with Crippen LogP contribution in [0.3, 0.4) is 0 Å². The topological polar surface area (TPSA) is 66.5 Å². The number of carbonyl (C=O) groups is 1. The van der Waals surface area contributed by atoms with Crippen LogP contribution in [0.2, 0.25) is 0 Å². The highest BCUT2D eigenvalue weighted by Gasteiger charge is 2.29. The lowest BCUT2D eigenvalue weighted by atomic mass is 10.1. The summed E-state index contributed by atoms with van der Waals surface area (Å²) in [5, 5.41) is 0.0279. The zero-order chi connectivity index (χ0) is 23.1. The fraction of sp³-hybridized carbons (Fsp3) is 0.391. The minimum atomic E-state index is -0.115. The fourth-order valence-electron chi connectivity index (χ4n) is 3.43. The van der Waals surface area contributed by atoms with Gasteiger partial charge in [0.25, 0.3) is 0 Å². The van der Waals surface area contributed by atoms with Crippen LogP contribution in [-0.4, -0.2) is 68.4 Å². The second-order valence-electron chi connectivity index (χ2n) is 6.89. The van der Waals surface area contributed by atoms with Crippen molar-refractivity contribution in [3.05, 3.63) is 42.0 Å². The van der Waals surface area contributed by atoms with Crippen molar-refractivity contribution in [2.45, 2.75) is 11.8 Å². The molecule has 0 aromatic heterocycles. The van der Waals surface area contributed by atoms with Gasteiger partial charge >= 0.3 is 0 Å². The number of thiocarbonyl (C=S) groups is 1. The van der Waals surface area contributed by atoms with E-state index in [-0.39, 0.29) is 17.6 Å². The first kappa shape index (κ1) is 24.0. The third-order valence-electron chi connectivity index (χ3n) is 5.06. The summed E-state index contributed by atoms with van der Waals surface area (Å²) in [5.41, 5.74) is 0.454. The van der Waals surface area contributed by atoms with Crippen LogP contribution in [0.25, 0.3) is 0 Å². The van der Waals surface area contributed by atoms with Crippen molar-refractivity contribution in [1.82, 2.24) is 4.90 Å². The Bertz CT molecular complexity index is 942. The molecule has 32 heavy (non-hydrogen) atoms. The van der Waals surface area contributed by atoms with Gasteiger partial charge in [-0.05, 0) is 24.3 Å². The number of hydrogen-bond donors (Lipinski definition) is 0. The van der Waals surface area contributed by atoms with E-state index in [1.54, 1.807) is 31.0 Å². The summed E-state index contributed by atoms with van der Waals surface area (Å²) >= 11 is 7.40. The molecule has 0 N–H and O–H groups in total. The predicted octanol–water partition coefficient (Wildman–Crippen LogP) is 4.08. The molecular weight excluding hydrogens is 450 g/mol. The second kappa shape index (κ2) is 11.3. The molecule has 1 saturated heterocycles. The third kappa shape index (κ3) is 5.39. The van der Waals surface area contributed by atoms with Crippen LogP contribution in [0.4, 0.5) is 0 Å². The number of ether oxygens (including phenoxy) is 5. The minimum absolute atomic E-state index is 0.0279. The Morgan fingerprint density at radius 3 is 2.22 bits per heavy atom. The molecule has 2 aromatic rings. The molecule has 2 aromatic carbocycles. The number of ketones is 1. The van der Waals surface area contributed by atoms with Crippen LogP contribution < -0.4 is 23.7 Å². The Kier molecular flexibility index (Phi) is 8.46. The molecule has 0 bridgehead atoms. The molecule has 1 fully saturated rings. The molecule has 3 rings (SSSR count). The highest BCUT2D eigenvalue weighted by Crippen LogP contribution is 2.38. The molecule has 0 spiro atoms. The van der Waals surface area contributed by atoms with Gasteiger partial charge in [0, 0.05) is 17.9 Å². The second-order valence-corrected chi connectivity index (χ2v) is 8.65. The van der Waals surface area contributed by atoms with Gasteiger partial charge in [-0.2, -0.15) is 0 Å². The molecule has 1 aliphatic rings. The van der Waals surface area contributed by atoms with Crippen molar-refractivity contribution in [1.29, 1.82) is 0 Å². The smallest absolute Gasteiger partial charge is 0.203 e. The van der Waals surface area contributed by atoms with E-state index in [2.05, 4.69) is 4.90 Å². The van der Waals surface area contributed by atoms with E-state index >= 15 is 0 Å². The predicted molar refractivity (Wildman–Crippen MR) is 129 cm³/mol. The molecule has 0 aliphatic carbocycles. The molecule has 9 heteroatoms. The lowest BCUT2D eigenvalue weighted by Gasteiger charge is -2.26. The Labute approximate surface area is 197 Å². The van der Waals surface area contributed by atoms with Crippen LogP contribution in [0.5, 0.6) is 28.7 Å². The van der Waals surface area contributed by atoms with Gasteiger partial charge < -0.3 is 28.6 Å². The van der Waals surface area contributed by atoms with E-state index in [0.717, 1.165) is 12.3 Å². The Morgan fingerprint density at radius 2 is 1.62 bits per heavy atom. The zero-order valence-corrected chi connectivity index (χ0v) is 20.2. The van der Waals surface area contributed by atoms with Gasteiger partial charge in [0.2, 0.25) is 5.75 Å². The Hall–Kier alpha value is -2.65. The van der Waals surface area contributed by atoms with Crippen molar-refractivity contribution >= 4 is 34.8 Å². The van der Waals surface area contributed by atoms with Crippen LogP contribution in [0.15, 0.2) is 36.4 Å². The fourth-order valence-corrected chi connectivity index (χ4v) is 4.99. The first-order chi connectivity index (χ1) is 15.5. The maximum absolute atomic E-state index is 13.0. The molecule has 0 radical (unpaired) electrons. The van der Waals surface area contributed by atoms with Crippen LogP contribution >= 0.6 is 24.0 Å². The first-order valence-corrected chi connectivity index (χ1v) is 11.5. The monoisotopic (exact) mass is 477 g/mol. The van der Waals surface area contributed by atoms with Crippen molar-refractivity contribution in [3.8, 4) is 28.7 Å². The number of benzene rings is 2. The molecule has 0 amide bonds. The highest BCUT2D eigenvalue weighted by atomic mass is 32.2. The highest BCUT2D eigenvalue weighted by molar-refractivity contribution is 8.00. The number of carbonyl (C=O) groups excluding carboxylic acids is 1. The lowest BCUT2D eigenvalue weighted by molar-refractivity contribution is 0.0996. The molecular formula is C23H27NO6S2. The van der Waals surface area contributed by atoms with E-state index in [4.69, 9.17) is 35.9 Å². The van der Waals surface area contributed by atoms with Gasteiger partial charge in [-0.25, -0.2) is 0 Å². The van der Waals surface area contributed by atoms with E-state index in [1.807, 2.05) is 24.3 Å². The summed E-state index contributed by atoms with van der Waals surface area (Å²) in [6.07, 6.45) is 0.111. The largest absolute Gasteiger partial charge is 0.493 e. The number of thioether (sulfide) groups is 1. The van der Waals surface area contributed by atoms with Gasteiger partial charge in [-0.15, -0.1) is 11.8 Å². The van der Waals surface area contributed by atoms with E-state index in [0.29, 0.717) is 45.9 Å². The van der Waals surface area contributed by atoms with Gasteiger partial charge in [0.15, 0.2) is 28.8 Å². The van der Waals surface area contributed by atoms with Gasteiger partial charge in [-0.3, -0.25) is 4.79 Å². The minimum Gasteiger partial charge on any atom is -0.493 e. The van der Waals surface area contributed by atoms with Crippen LogP contribution in [0.1, 0.15) is 16.8 Å². The standard InChI is InChI=1S/C23H27NO6S2/c1-26-17-7-5-6-8-18(17)30-14-22-24(9-10-32-22)21(31)13-16(25)15-11-19(27-2)23(29-4)20(12-15)28-3/h5-8,11-12,22H,9-10,13-14H2,1-4H3. The number of para-hydroxylation sites is 2. The summed E-state index contributed by atoms with van der Waals surface area (Å²) in [4.78, 5) is 15.6. The summed E-state index contributed by atoms with van der Waals surface area (Å²) in [7, 11) is 6.17. The molecule has 172 valence electrons. The number of Topliss-reactive ketones (excluding diaryl/α,β-unsaturated/α-hetero) is 1. The number of nitrogens with zero attached hydrogens (tertiary/aromatic N) is 1. The van der Waals surface area contributed by atoms with Gasteiger partial charge in [-0.1, -0.05) is 24.4 Å². The molecule has 1 atom stereocenters. The quantitative estimate of drug-likeness (QED) is 0.372. The average molecular weight is 478 g/mol. The summed E-state index contributed by atoms with van der Waals surface area (Å²) in [6, 6.07) is 10.8. The summed E-state index contributed by atoms with van der Waals surface area (Å²) in [5.74, 6) is 3.47. The molecule has 1 aliphatic heterocycles. The number of methoxy groups -OCH3 is 4. The molecule has 7 nitrogen and oxygen atoms in total. The third-order valence-corrected chi connectivity index (χ3v) is 6.63. The van der Waals surface area contributed by atoms with E-state index in [1.165, 1.54) is 21.3 Å².